The lowest BCUT2D eigenvalue weighted by Gasteiger charge is -2.09. The maximum atomic E-state index is 12.0. The van der Waals surface area contributed by atoms with Crippen LogP contribution in [0.5, 0.6) is 5.75 Å². The molecule has 0 spiro atoms. The summed E-state index contributed by atoms with van der Waals surface area (Å²) in [7, 11) is -4.04. The van der Waals surface area contributed by atoms with Crippen LogP contribution in [0.15, 0.2) is 46.2 Å². The summed E-state index contributed by atoms with van der Waals surface area (Å²) in [5.74, 6) is -0.586. The number of phenols is 1. The number of hydrogen-bond donors (Lipinski definition) is 3. The Morgan fingerprint density at radius 3 is 2.48 bits per heavy atom. The largest absolute Gasteiger partial charge is 0.505 e. The summed E-state index contributed by atoms with van der Waals surface area (Å²) >= 11 is 0. The summed E-state index contributed by atoms with van der Waals surface area (Å²) < 4.78 is 26.1. The van der Waals surface area contributed by atoms with Crippen LogP contribution in [0.25, 0.3) is 0 Å². The number of nitro groups is 1. The first-order chi connectivity index (χ1) is 9.79. The first-order valence-corrected chi connectivity index (χ1v) is 6.97. The molecule has 0 aliphatic carbocycles. The predicted molar refractivity (Wildman–Crippen MR) is 72.6 cm³/mol. The quantitative estimate of drug-likeness (QED) is 0.433. The molecule has 1 aromatic carbocycles. The molecule has 2 rings (SSSR count). The Bertz CT molecular complexity index is 838. The lowest BCUT2D eigenvalue weighted by molar-refractivity contribution is -0.384. The fourth-order valence-corrected chi connectivity index (χ4v) is 2.53. The second-order valence-corrected chi connectivity index (χ2v) is 5.64. The van der Waals surface area contributed by atoms with Gasteiger partial charge < -0.3 is 10.1 Å². The molecule has 0 fully saturated rings. The van der Waals surface area contributed by atoms with Gasteiger partial charge in [0, 0.05) is 18.3 Å². The second-order valence-electron chi connectivity index (χ2n) is 3.95. The summed E-state index contributed by atoms with van der Waals surface area (Å²) in [5, 5.41) is 20.1. The van der Waals surface area contributed by atoms with Crippen LogP contribution in [0.3, 0.4) is 0 Å². The smallest absolute Gasteiger partial charge is 0.273 e. The van der Waals surface area contributed by atoms with E-state index in [4.69, 9.17) is 0 Å². The minimum atomic E-state index is -4.04. The van der Waals surface area contributed by atoms with Gasteiger partial charge in [-0.25, -0.2) is 8.42 Å². The number of phenolic OH excluding ortho intramolecular Hbond substituents is 1. The van der Waals surface area contributed by atoms with E-state index in [1.165, 1.54) is 0 Å². The van der Waals surface area contributed by atoms with Crippen molar-refractivity contribution in [3.63, 3.8) is 0 Å². The highest BCUT2D eigenvalue weighted by molar-refractivity contribution is 7.92. The van der Waals surface area contributed by atoms with Crippen molar-refractivity contribution >= 4 is 21.4 Å². The SMILES string of the molecule is O=c1ccc(S(=O)(=O)Nc2ccc([N+](=O)[O-])cc2O)c[nH]1. The second kappa shape index (κ2) is 5.25. The molecule has 0 aliphatic rings. The summed E-state index contributed by atoms with van der Waals surface area (Å²) in [6.07, 6.45) is 0.993. The molecule has 0 radical (unpaired) electrons. The number of hydrogen-bond acceptors (Lipinski definition) is 6. The molecule has 1 aromatic heterocycles. The number of rotatable bonds is 4. The zero-order chi connectivity index (χ0) is 15.6. The molecule has 0 amide bonds. The Balaban J connectivity index is 2.35. The van der Waals surface area contributed by atoms with Crippen molar-refractivity contribution in [1.82, 2.24) is 4.98 Å². The lowest BCUT2D eigenvalue weighted by Crippen LogP contribution is -2.15. The molecule has 0 aliphatic heterocycles. The molecule has 9 nitrogen and oxygen atoms in total. The van der Waals surface area contributed by atoms with Crippen LogP contribution in [0.4, 0.5) is 11.4 Å². The zero-order valence-corrected chi connectivity index (χ0v) is 11.1. The molecule has 0 atom stereocenters. The number of nitrogens with zero attached hydrogens (tertiary/aromatic N) is 1. The number of aromatic nitrogens is 1. The molecule has 0 unspecified atom stereocenters. The van der Waals surface area contributed by atoms with E-state index in [0.29, 0.717) is 0 Å². The van der Waals surface area contributed by atoms with E-state index in [0.717, 1.165) is 36.5 Å². The maximum Gasteiger partial charge on any atom is 0.273 e. The average Bonchev–Trinajstić information content (AvgIpc) is 2.41. The normalized spacial score (nSPS) is 11.0. The highest BCUT2D eigenvalue weighted by atomic mass is 32.2. The van der Waals surface area contributed by atoms with Crippen molar-refractivity contribution in [2.24, 2.45) is 0 Å². The number of nitro benzene ring substituents is 1. The number of benzene rings is 1. The fraction of sp³-hybridized carbons (Fsp3) is 0. The maximum absolute atomic E-state index is 12.0. The summed E-state index contributed by atoms with van der Waals surface area (Å²) in [4.78, 5) is 22.7. The van der Waals surface area contributed by atoms with Crippen molar-refractivity contribution in [2.75, 3.05) is 4.72 Å². The van der Waals surface area contributed by atoms with Gasteiger partial charge in [0.05, 0.1) is 16.7 Å². The third-order valence-corrected chi connectivity index (χ3v) is 3.87. The van der Waals surface area contributed by atoms with Gasteiger partial charge in [-0.3, -0.25) is 19.6 Å². The van der Waals surface area contributed by atoms with Gasteiger partial charge >= 0.3 is 0 Å². The van der Waals surface area contributed by atoms with Gasteiger partial charge in [-0.05, 0) is 12.1 Å². The molecule has 10 heteroatoms. The van der Waals surface area contributed by atoms with E-state index >= 15 is 0 Å². The van der Waals surface area contributed by atoms with Gasteiger partial charge in [0.2, 0.25) is 5.56 Å². The molecule has 1 heterocycles. The number of aromatic amines is 1. The number of nitrogens with one attached hydrogen (secondary N) is 2. The monoisotopic (exact) mass is 311 g/mol. The van der Waals surface area contributed by atoms with Gasteiger partial charge in [-0.1, -0.05) is 0 Å². The van der Waals surface area contributed by atoms with Crippen molar-refractivity contribution in [2.45, 2.75) is 4.90 Å². The molecule has 2 aromatic rings. The van der Waals surface area contributed by atoms with Gasteiger partial charge in [0.15, 0.2) is 0 Å². The highest BCUT2D eigenvalue weighted by Gasteiger charge is 2.18. The average molecular weight is 311 g/mol. The molecule has 110 valence electrons. The summed E-state index contributed by atoms with van der Waals surface area (Å²) in [6.45, 7) is 0. The summed E-state index contributed by atoms with van der Waals surface area (Å²) in [5.41, 5.74) is -1.06. The van der Waals surface area contributed by atoms with Crippen molar-refractivity contribution < 1.29 is 18.4 Å². The number of pyridine rings is 1. The topological polar surface area (TPSA) is 142 Å². The number of non-ortho nitro benzene ring substituents is 1. The first-order valence-electron chi connectivity index (χ1n) is 5.48. The van der Waals surface area contributed by atoms with Crippen LogP contribution < -0.4 is 10.3 Å². The van der Waals surface area contributed by atoms with Crippen LogP contribution in [0.2, 0.25) is 0 Å². The van der Waals surface area contributed by atoms with E-state index in [-0.39, 0.29) is 16.3 Å². The van der Waals surface area contributed by atoms with Crippen molar-refractivity contribution in [3.8, 4) is 5.75 Å². The number of sulfonamides is 1. The third-order valence-electron chi connectivity index (χ3n) is 2.50. The molecule has 3 N–H and O–H groups in total. The molecule has 21 heavy (non-hydrogen) atoms. The molecular formula is C11H9N3O6S. The fourth-order valence-electron chi connectivity index (χ4n) is 1.49. The molecule has 0 saturated carbocycles. The standard InChI is InChI=1S/C11H9N3O6S/c15-10-5-7(14(17)18)1-3-9(10)13-21(19,20)8-2-4-11(16)12-6-8/h1-6,13,15H,(H,12,16). The van der Waals surface area contributed by atoms with E-state index in [1.54, 1.807) is 0 Å². The lowest BCUT2D eigenvalue weighted by atomic mass is 10.3. The predicted octanol–water partition coefficient (Wildman–Crippen LogP) is 0.789. The van der Waals surface area contributed by atoms with Gasteiger partial charge in [0.25, 0.3) is 15.7 Å². The Hall–Kier alpha value is -2.88. The van der Waals surface area contributed by atoms with Crippen LogP contribution >= 0.6 is 0 Å². The molecular weight excluding hydrogens is 302 g/mol. The number of H-pyrrole nitrogens is 1. The van der Waals surface area contributed by atoms with E-state index < -0.39 is 26.3 Å². The van der Waals surface area contributed by atoms with E-state index in [1.807, 2.05) is 0 Å². The Morgan fingerprint density at radius 1 is 1.24 bits per heavy atom. The minimum Gasteiger partial charge on any atom is -0.505 e. The summed E-state index contributed by atoms with van der Waals surface area (Å²) in [6, 6.07) is 5.06. The molecule has 0 bridgehead atoms. The van der Waals surface area contributed by atoms with Gasteiger partial charge in [0.1, 0.15) is 10.6 Å². The minimum absolute atomic E-state index is 0.216. The van der Waals surface area contributed by atoms with Crippen molar-refractivity contribution in [1.29, 1.82) is 0 Å². The van der Waals surface area contributed by atoms with E-state index in [9.17, 15) is 28.4 Å². The number of anilines is 1. The third kappa shape index (κ3) is 3.17. The van der Waals surface area contributed by atoms with Gasteiger partial charge in [-0.2, -0.15) is 0 Å². The van der Waals surface area contributed by atoms with E-state index in [2.05, 4.69) is 9.71 Å². The Kier molecular flexibility index (Phi) is 3.63. The van der Waals surface area contributed by atoms with Gasteiger partial charge in [-0.15, -0.1) is 0 Å². The Labute approximate surface area is 118 Å². The Morgan fingerprint density at radius 2 is 1.95 bits per heavy atom. The molecule has 0 saturated heterocycles. The van der Waals surface area contributed by atoms with Crippen LogP contribution in [-0.2, 0) is 10.0 Å². The first kappa shape index (κ1) is 14.5. The van der Waals surface area contributed by atoms with Crippen LogP contribution in [-0.4, -0.2) is 23.4 Å². The van der Waals surface area contributed by atoms with Crippen LogP contribution in [0, 0.1) is 10.1 Å². The van der Waals surface area contributed by atoms with Crippen LogP contribution in [0.1, 0.15) is 0 Å². The highest BCUT2D eigenvalue weighted by Crippen LogP contribution is 2.29. The number of aromatic hydroxyl groups is 1. The zero-order valence-electron chi connectivity index (χ0n) is 10.3. The van der Waals surface area contributed by atoms with Crippen molar-refractivity contribution in [3.05, 3.63) is 57.0 Å².